The molecule has 2 fully saturated rings. The monoisotopic (exact) mass is 426 g/mol. The standard InChI is InChI=1S/C26H30N6/c1-2-12-24-23(11-1)27-15-19-7-5-9-21(31-19)17-29-25-13-3-4-14-26(25)30-18-22-10-6-8-20(32-22)16-28-24/h5-10,15-18,23-26H,1-4,11-14H2. The largest absolute Gasteiger partial charge is 0.285 e. The van der Waals surface area contributed by atoms with Gasteiger partial charge in [-0.15, -0.1) is 0 Å². The SMILES string of the molecule is C1=NC2CCCCC2N=Cc2cccc(n2)C=NC2CCCCC2N=Cc2cccc1n2. The molecule has 2 saturated carbocycles. The van der Waals surface area contributed by atoms with Crippen LogP contribution in [0, 0.1) is 0 Å². The van der Waals surface area contributed by atoms with Crippen LogP contribution in [0.5, 0.6) is 0 Å². The van der Waals surface area contributed by atoms with E-state index in [0.717, 1.165) is 48.5 Å². The van der Waals surface area contributed by atoms with Crippen LogP contribution in [0.25, 0.3) is 0 Å². The highest BCUT2D eigenvalue weighted by atomic mass is 14.9. The van der Waals surface area contributed by atoms with Crippen molar-refractivity contribution in [2.45, 2.75) is 75.5 Å². The summed E-state index contributed by atoms with van der Waals surface area (Å²) in [6.45, 7) is 0. The number of aliphatic imine (C=N–C) groups is 4. The Morgan fingerprint density at radius 1 is 0.438 bits per heavy atom. The minimum atomic E-state index is 0.186. The number of pyridine rings is 2. The van der Waals surface area contributed by atoms with Gasteiger partial charge < -0.3 is 0 Å². The Balaban J connectivity index is 1.51. The van der Waals surface area contributed by atoms with E-state index in [-0.39, 0.29) is 24.2 Å². The summed E-state index contributed by atoms with van der Waals surface area (Å²) in [5.41, 5.74) is 3.49. The van der Waals surface area contributed by atoms with Gasteiger partial charge in [0.1, 0.15) is 0 Å². The van der Waals surface area contributed by atoms with Gasteiger partial charge in [0.25, 0.3) is 0 Å². The van der Waals surface area contributed by atoms with Crippen molar-refractivity contribution in [1.29, 1.82) is 0 Å². The van der Waals surface area contributed by atoms with E-state index in [1.165, 1.54) is 25.7 Å². The van der Waals surface area contributed by atoms with Crippen LogP contribution in [0.15, 0.2) is 56.4 Å². The molecule has 1 aliphatic heterocycles. The molecule has 2 aliphatic carbocycles. The molecule has 6 nitrogen and oxygen atoms in total. The predicted molar refractivity (Wildman–Crippen MR) is 131 cm³/mol. The van der Waals surface area contributed by atoms with Crippen molar-refractivity contribution >= 4 is 24.9 Å². The van der Waals surface area contributed by atoms with Crippen LogP contribution in [-0.4, -0.2) is 59.0 Å². The Morgan fingerprint density at radius 3 is 1.00 bits per heavy atom. The molecule has 164 valence electrons. The van der Waals surface area contributed by atoms with Crippen molar-refractivity contribution in [3.8, 4) is 0 Å². The second-order valence-electron chi connectivity index (χ2n) is 8.93. The van der Waals surface area contributed by atoms with E-state index in [1.807, 2.05) is 61.3 Å². The molecule has 3 aliphatic rings. The zero-order valence-electron chi connectivity index (χ0n) is 18.4. The van der Waals surface area contributed by atoms with Crippen LogP contribution in [-0.2, 0) is 0 Å². The van der Waals surface area contributed by atoms with Gasteiger partial charge in [0.2, 0.25) is 0 Å². The van der Waals surface area contributed by atoms with E-state index in [9.17, 15) is 0 Å². The zero-order chi connectivity index (χ0) is 21.6. The van der Waals surface area contributed by atoms with Crippen molar-refractivity contribution in [2.24, 2.45) is 20.0 Å². The smallest absolute Gasteiger partial charge is 0.0815 e. The van der Waals surface area contributed by atoms with Crippen LogP contribution < -0.4 is 0 Å². The van der Waals surface area contributed by atoms with Crippen LogP contribution in [0.4, 0.5) is 0 Å². The third kappa shape index (κ3) is 5.23. The second-order valence-corrected chi connectivity index (χ2v) is 8.93. The first-order valence-electron chi connectivity index (χ1n) is 11.9. The Bertz CT molecular complexity index is 882. The Labute approximate surface area is 189 Å². The summed E-state index contributed by atoms with van der Waals surface area (Å²) >= 11 is 0. The minimum Gasteiger partial charge on any atom is -0.285 e. The number of hydrogen-bond donors (Lipinski definition) is 0. The summed E-state index contributed by atoms with van der Waals surface area (Å²) < 4.78 is 0. The molecule has 0 radical (unpaired) electrons. The normalized spacial score (nSPS) is 27.8. The maximum absolute atomic E-state index is 4.89. The highest BCUT2D eigenvalue weighted by Gasteiger charge is 2.24. The summed E-state index contributed by atoms with van der Waals surface area (Å²) in [6.07, 6.45) is 16.6. The Morgan fingerprint density at radius 2 is 0.719 bits per heavy atom. The maximum Gasteiger partial charge on any atom is 0.0815 e. The van der Waals surface area contributed by atoms with Crippen molar-refractivity contribution in [1.82, 2.24) is 9.97 Å². The zero-order valence-corrected chi connectivity index (χ0v) is 18.4. The molecule has 5 rings (SSSR count). The molecule has 6 heteroatoms. The first-order valence-corrected chi connectivity index (χ1v) is 11.9. The molecule has 0 amide bonds. The molecule has 2 aromatic heterocycles. The van der Waals surface area contributed by atoms with Gasteiger partial charge in [-0.05, 0) is 49.9 Å². The summed E-state index contributed by atoms with van der Waals surface area (Å²) in [7, 11) is 0. The van der Waals surface area contributed by atoms with Gasteiger partial charge in [0.05, 0.1) is 46.9 Å². The van der Waals surface area contributed by atoms with Crippen molar-refractivity contribution in [2.75, 3.05) is 0 Å². The van der Waals surface area contributed by atoms with Crippen molar-refractivity contribution in [3.05, 3.63) is 59.2 Å². The van der Waals surface area contributed by atoms with E-state index in [0.29, 0.717) is 0 Å². The van der Waals surface area contributed by atoms with Crippen LogP contribution in [0.3, 0.4) is 0 Å². The molecular weight excluding hydrogens is 396 g/mol. The highest BCUT2D eigenvalue weighted by molar-refractivity contribution is 5.83. The third-order valence-corrected chi connectivity index (χ3v) is 6.57. The summed E-state index contributed by atoms with van der Waals surface area (Å²) in [6, 6.07) is 12.8. The molecule has 4 bridgehead atoms. The molecule has 0 aromatic carbocycles. The van der Waals surface area contributed by atoms with E-state index in [4.69, 9.17) is 29.9 Å². The van der Waals surface area contributed by atoms with Crippen molar-refractivity contribution < 1.29 is 0 Å². The summed E-state index contributed by atoms with van der Waals surface area (Å²) in [4.78, 5) is 29.1. The number of nitrogens with zero attached hydrogens (tertiary/aromatic N) is 6. The highest BCUT2D eigenvalue weighted by Crippen LogP contribution is 2.25. The number of aromatic nitrogens is 2. The average Bonchev–Trinajstić information content (AvgIpc) is 2.85. The van der Waals surface area contributed by atoms with Crippen LogP contribution in [0.2, 0.25) is 0 Å². The first kappa shape index (κ1) is 20.9. The lowest BCUT2D eigenvalue weighted by Gasteiger charge is -2.25. The lowest BCUT2D eigenvalue weighted by atomic mass is 9.91. The van der Waals surface area contributed by atoms with Gasteiger partial charge in [0, 0.05) is 24.9 Å². The number of rotatable bonds is 0. The third-order valence-electron chi connectivity index (χ3n) is 6.57. The number of hydrogen-bond acceptors (Lipinski definition) is 6. The second kappa shape index (κ2) is 10.1. The lowest BCUT2D eigenvalue weighted by Crippen LogP contribution is -2.27. The molecule has 4 atom stereocenters. The van der Waals surface area contributed by atoms with Crippen molar-refractivity contribution in [3.63, 3.8) is 0 Å². The summed E-state index contributed by atoms with van der Waals surface area (Å²) in [5, 5.41) is 0. The fraction of sp³-hybridized carbons (Fsp3) is 0.462. The average molecular weight is 427 g/mol. The molecule has 0 spiro atoms. The lowest BCUT2D eigenvalue weighted by molar-refractivity contribution is 0.390. The molecule has 32 heavy (non-hydrogen) atoms. The van der Waals surface area contributed by atoms with E-state index >= 15 is 0 Å². The van der Waals surface area contributed by atoms with Gasteiger partial charge in [-0.1, -0.05) is 37.8 Å². The quantitative estimate of drug-likeness (QED) is 0.622. The van der Waals surface area contributed by atoms with Crippen LogP contribution in [0.1, 0.15) is 74.1 Å². The van der Waals surface area contributed by atoms with Crippen LogP contribution >= 0.6 is 0 Å². The molecule has 2 aromatic rings. The van der Waals surface area contributed by atoms with Gasteiger partial charge in [0.15, 0.2) is 0 Å². The predicted octanol–water partition coefficient (Wildman–Crippen LogP) is 4.49. The maximum atomic E-state index is 4.89. The fourth-order valence-corrected chi connectivity index (χ4v) is 4.79. The van der Waals surface area contributed by atoms with Gasteiger partial charge in [-0.25, -0.2) is 9.97 Å². The molecule has 0 saturated heterocycles. The number of fused-ring (bicyclic) bond motifs is 6. The molecule has 4 unspecified atom stereocenters. The fourth-order valence-electron chi connectivity index (χ4n) is 4.79. The topological polar surface area (TPSA) is 75.2 Å². The molecule has 3 heterocycles. The Hall–Kier alpha value is -3.02. The van der Waals surface area contributed by atoms with E-state index in [2.05, 4.69) is 0 Å². The minimum absolute atomic E-state index is 0.186. The van der Waals surface area contributed by atoms with Gasteiger partial charge in [-0.2, -0.15) is 0 Å². The first-order chi connectivity index (χ1) is 15.8. The molecule has 0 N–H and O–H groups in total. The Kier molecular flexibility index (Phi) is 6.56. The molecular formula is C26H30N6. The van der Waals surface area contributed by atoms with E-state index < -0.39 is 0 Å². The summed E-state index contributed by atoms with van der Waals surface area (Å²) in [5.74, 6) is 0. The van der Waals surface area contributed by atoms with Gasteiger partial charge >= 0.3 is 0 Å². The van der Waals surface area contributed by atoms with E-state index in [1.54, 1.807) is 0 Å². The van der Waals surface area contributed by atoms with Gasteiger partial charge in [-0.3, -0.25) is 20.0 Å².